The number of benzene rings is 3. The van der Waals surface area contributed by atoms with Crippen LogP contribution in [0.4, 0.5) is 5.69 Å². The van der Waals surface area contributed by atoms with E-state index < -0.39 is 0 Å². The molecule has 0 aliphatic heterocycles. The van der Waals surface area contributed by atoms with Gasteiger partial charge in [0, 0.05) is 25.3 Å². The van der Waals surface area contributed by atoms with Gasteiger partial charge in [-0.15, -0.1) is 0 Å². The zero-order valence-electron chi connectivity index (χ0n) is 16.6. The van der Waals surface area contributed by atoms with Crippen LogP contribution >= 0.6 is 0 Å². The van der Waals surface area contributed by atoms with E-state index in [-0.39, 0.29) is 0 Å². The van der Waals surface area contributed by atoms with Crippen LogP contribution in [0.5, 0.6) is 5.75 Å². The molecule has 0 spiro atoms. The fourth-order valence-electron chi connectivity index (χ4n) is 3.17. The molecular formula is C25H27NO. The number of hydrogen-bond acceptors (Lipinski definition) is 2. The molecule has 0 radical (unpaired) electrons. The smallest absolute Gasteiger partial charge is 0.118 e. The van der Waals surface area contributed by atoms with E-state index >= 15 is 0 Å². The van der Waals surface area contributed by atoms with Gasteiger partial charge >= 0.3 is 0 Å². The molecule has 3 aromatic carbocycles. The van der Waals surface area contributed by atoms with Crippen LogP contribution in [0.1, 0.15) is 18.1 Å². The Morgan fingerprint density at radius 1 is 0.889 bits per heavy atom. The normalized spacial score (nSPS) is 11.3. The fourth-order valence-corrected chi connectivity index (χ4v) is 3.17. The largest absolute Gasteiger partial charge is 0.497 e. The van der Waals surface area contributed by atoms with Gasteiger partial charge in [0.05, 0.1) is 7.11 Å². The Balaban J connectivity index is 1.74. The van der Waals surface area contributed by atoms with Crippen LogP contribution in [0.15, 0.2) is 78.9 Å². The van der Waals surface area contributed by atoms with Crippen LogP contribution in [0.25, 0.3) is 16.7 Å². The Bertz CT molecular complexity index is 906. The monoisotopic (exact) mass is 357 g/mol. The minimum atomic E-state index is 0.889. The first-order valence-corrected chi connectivity index (χ1v) is 9.25. The lowest BCUT2D eigenvalue weighted by atomic mass is 9.99. The lowest BCUT2D eigenvalue weighted by molar-refractivity contribution is 0.415. The van der Waals surface area contributed by atoms with Crippen LogP contribution in [0.3, 0.4) is 0 Å². The van der Waals surface area contributed by atoms with Crippen molar-refractivity contribution in [2.75, 3.05) is 26.1 Å². The zero-order valence-corrected chi connectivity index (χ0v) is 16.6. The van der Waals surface area contributed by atoms with Gasteiger partial charge in [0.15, 0.2) is 0 Å². The van der Waals surface area contributed by atoms with Crippen molar-refractivity contribution in [2.24, 2.45) is 0 Å². The van der Waals surface area contributed by atoms with E-state index in [1.54, 1.807) is 7.11 Å². The molecule has 2 heteroatoms. The van der Waals surface area contributed by atoms with E-state index in [4.69, 9.17) is 4.74 Å². The third-order valence-corrected chi connectivity index (χ3v) is 4.84. The average Bonchev–Trinajstić information content (AvgIpc) is 2.72. The summed E-state index contributed by atoms with van der Waals surface area (Å²) in [6.07, 6.45) is 3.21. The van der Waals surface area contributed by atoms with Crippen LogP contribution in [-0.2, 0) is 6.42 Å². The second-order valence-corrected chi connectivity index (χ2v) is 6.93. The summed E-state index contributed by atoms with van der Waals surface area (Å²) >= 11 is 0. The molecule has 0 bridgehead atoms. The molecular weight excluding hydrogens is 330 g/mol. The van der Waals surface area contributed by atoms with Gasteiger partial charge in [0.2, 0.25) is 0 Å². The summed E-state index contributed by atoms with van der Waals surface area (Å²) in [5.41, 5.74) is 7.57. The maximum Gasteiger partial charge on any atom is 0.118 e. The molecule has 3 rings (SSSR count). The van der Waals surface area contributed by atoms with Crippen LogP contribution in [0.2, 0.25) is 0 Å². The highest BCUT2D eigenvalue weighted by Crippen LogP contribution is 2.30. The fraction of sp³-hybridized carbons (Fsp3) is 0.200. The summed E-state index contributed by atoms with van der Waals surface area (Å²) in [5.74, 6) is 0.889. The van der Waals surface area contributed by atoms with Gasteiger partial charge in [-0.2, -0.15) is 0 Å². The third-order valence-electron chi connectivity index (χ3n) is 4.84. The van der Waals surface area contributed by atoms with Gasteiger partial charge in [-0.1, -0.05) is 60.7 Å². The summed E-state index contributed by atoms with van der Waals surface area (Å²) in [6.45, 7) is 2.16. The van der Waals surface area contributed by atoms with E-state index in [1.165, 1.54) is 33.5 Å². The van der Waals surface area contributed by atoms with E-state index in [0.29, 0.717) is 0 Å². The Labute approximate surface area is 162 Å². The molecule has 27 heavy (non-hydrogen) atoms. The van der Waals surface area contributed by atoms with Gasteiger partial charge in [-0.25, -0.2) is 0 Å². The highest BCUT2D eigenvalue weighted by molar-refractivity contribution is 5.78. The maximum atomic E-state index is 5.23. The molecule has 0 fully saturated rings. The first kappa shape index (κ1) is 18.8. The number of hydrogen-bond donors (Lipinski definition) is 0. The molecule has 0 unspecified atom stereocenters. The maximum absolute atomic E-state index is 5.23. The van der Waals surface area contributed by atoms with E-state index in [2.05, 4.69) is 92.7 Å². The predicted octanol–water partition coefficient (Wildman–Crippen LogP) is 6.07. The zero-order chi connectivity index (χ0) is 19.2. The predicted molar refractivity (Wildman–Crippen MR) is 117 cm³/mol. The van der Waals surface area contributed by atoms with Crippen molar-refractivity contribution in [3.8, 4) is 16.9 Å². The highest BCUT2D eigenvalue weighted by Gasteiger charge is 2.06. The summed E-state index contributed by atoms with van der Waals surface area (Å²) < 4.78 is 5.23. The number of para-hydroxylation sites is 1. The SMILES string of the molecule is COc1ccc(C(C)=CCc2ccc(-c3ccccc3N(C)C)cc2)cc1. The minimum absolute atomic E-state index is 0.889. The number of nitrogens with zero attached hydrogens (tertiary/aromatic N) is 1. The van der Waals surface area contributed by atoms with Gasteiger partial charge < -0.3 is 9.64 Å². The van der Waals surface area contributed by atoms with Crippen molar-refractivity contribution in [2.45, 2.75) is 13.3 Å². The topological polar surface area (TPSA) is 12.5 Å². The van der Waals surface area contributed by atoms with E-state index in [1.807, 2.05) is 12.1 Å². The van der Waals surface area contributed by atoms with Crippen molar-refractivity contribution in [1.29, 1.82) is 0 Å². The van der Waals surface area contributed by atoms with Gasteiger partial charge in [-0.3, -0.25) is 0 Å². The molecule has 2 nitrogen and oxygen atoms in total. The van der Waals surface area contributed by atoms with Crippen molar-refractivity contribution in [3.63, 3.8) is 0 Å². The number of rotatable bonds is 6. The Hall–Kier alpha value is -3.00. The van der Waals surface area contributed by atoms with E-state index in [0.717, 1.165) is 12.2 Å². The Kier molecular flexibility index (Phi) is 5.97. The molecule has 0 N–H and O–H groups in total. The molecule has 0 heterocycles. The summed E-state index contributed by atoms with van der Waals surface area (Å²) in [4.78, 5) is 2.16. The minimum Gasteiger partial charge on any atom is -0.497 e. The van der Waals surface area contributed by atoms with Gasteiger partial charge in [0.25, 0.3) is 0 Å². The van der Waals surface area contributed by atoms with Crippen LogP contribution < -0.4 is 9.64 Å². The third kappa shape index (κ3) is 4.59. The highest BCUT2D eigenvalue weighted by atomic mass is 16.5. The summed E-state index contributed by atoms with van der Waals surface area (Å²) in [6, 6.07) is 25.6. The quantitative estimate of drug-likeness (QED) is 0.530. The Morgan fingerprint density at radius 2 is 1.56 bits per heavy atom. The molecule has 3 aromatic rings. The molecule has 0 aliphatic carbocycles. The molecule has 0 atom stereocenters. The Morgan fingerprint density at radius 3 is 2.19 bits per heavy atom. The van der Waals surface area contributed by atoms with Crippen molar-refractivity contribution < 1.29 is 4.74 Å². The number of ether oxygens (including phenoxy) is 1. The summed E-state index contributed by atoms with van der Waals surface area (Å²) in [5, 5.41) is 0. The van der Waals surface area contributed by atoms with Crippen molar-refractivity contribution >= 4 is 11.3 Å². The number of anilines is 1. The second kappa shape index (κ2) is 8.59. The van der Waals surface area contributed by atoms with Crippen LogP contribution in [-0.4, -0.2) is 21.2 Å². The lowest BCUT2D eigenvalue weighted by Crippen LogP contribution is -2.09. The molecule has 0 saturated heterocycles. The van der Waals surface area contributed by atoms with Crippen molar-refractivity contribution in [1.82, 2.24) is 0 Å². The van der Waals surface area contributed by atoms with Gasteiger partial charge in [0.1, 0.15) is 5.75 Å². The number of allylic oxidation sites excluding steroid dienone is 2. The first-order valence-electron chi connectivity index (χ1n) is 9.25. The molecule has 0 saturated carbocycles. The van der Waals surface area contributed by atoms with E-state index in [9.17, 15) is 0 Å². The molecule has 0 aliphatic rings. The first-order chi connectivity index (χ1) is 13.1. The molecule has 0 aromatic heterocycles. The average molecular weight is 357 g/mol. The standard InChI is InChI=1S/C25H27NO/c1-19(21-15-17-23(27-4)18-16-21)9-10-20-11-13-22(14-12-20)24-7-5-6-8-25(24)26(2)3/h5-9,11-18H,10H2,1-4H3. The molecule has 0 amide bonds. The second-order valence-electron chi connectivity index (χ2n) is 6.93. The van der Waals surface area contributed by atoms with Crippen molar-refractivity contribution in [3.05, 3.63) is 90.0 Å². The molecule has 138 valence electrons. The van der Waals surface area contributed by atoms with Crippen LogP contribution in [0, 0.1) is 0 Å². The lowest BCUT2D eigenvalue weighted by Gasteiger charge is -2.17. The number of methoxy groups -OCH3 is 1. The summed E-state index contributed by atoms with van der Waals surface area (Å²) in [7, 11) is 5.86. The van der Waals surface area contributed by atoms with Gasteiger partial charge in [-0.05, 0) is 53.8 Å².